The molecule has 0 bridgehead atoms. The molecule has 1 saturated carbocycles. The van der Waals surface area contributed by atoms with Gasteiger partial charge in [0, 0.05) is 25.5 Å². The molecule has 1 aromatic rings. The Morgan fingerprint density at radius 2 is 2.10 bits per heavy atom. The molecule has 1 N–H and O–H groups in total. The first-order chi connectivity index (χ1) is 10.2. The maximum absolute atomic E-state index is 8.75. The van der Waals surface area contributed by atoms with Gasteiger partial charge in [0.2, 0.25) is 0 Å². The normalized spacial score (nSPS) is 21.5. The molecule has 2 atom stereocenters. The van der Waals surface area contributed by atoms with Gasteiger partial charge >= 0.3 is 0 Å². The molecule has 0 radical (unpaired) electrons. The van der Waals surface area contributed by atoms with Crippen LogP contribution in [0, 0.1) is 18.8 Å². The number of hydrogen-bond acceptors (Lipinski definition) is 3. The van der Waals surface area contributed by atoms with Crippen molar-refractivity contribution >= 4 is 0 Å². The van der Waals surface area contributed by atoms with Gasteiger partial charge in [-0.2, -0.15) is 0 Å². The summed E-state index contributed by atoms with van der Waals surface area (Å²) >= 11 is 0. The fourth-order valence-electron chi connectivity index (χ4n) is 2.68. The third-order valence-electron chi connectivity index (χ3n) is 3.87. The van der Waals surface area contributed by atoms with E-state index in [9.17, 15) is 0 Å². The van der Waals surface area contributed by atoms with E-state index in [2.05, 4.69) is 11.8 Å². The summed E-state index contributed by atoms with van der Waals surface area (Å²) in [5, 5.41) is 8.75. The molecule has 3 nitrogen and oxygen atoms in total. The Balaban J connectivity index is 1.98. The number of benzene rings is 1. The van der Waals surface area contributed by atoms with Gasteiger partial charge in [-0.1, -0.05) is 11.8 Å². The van der Waals surface area contributed by atoms with Gasteiger partial charge in [0.05, 0.1) is 12.7 Å². The highest BCUT2D eigenvalue weighted by Gasteiger charge is 2.23. The van der Waals surface area contributed by atoms with E-state index < -0.39 is 0 Å². The largest absolute Gasteiger partial charge is 0.490 e. The lowest BCUT2D eigenvalue weighted by Gasteiger charge is -2.28. The first-order valence-corrected chi connectivity index (χ1v) is 7.62. The molecule has 2 unspecified atom stereocenters. The summed E-state index contributed by atoms with van der Waals surface area (Å²) in [6.45, 7) is 2.14. The van der Waals surface area contributed by atoms with Crippen LogP contribution in [0.1, 0.15) is 43.2 Å². The van der Waals surface area contributed by atoms with Crippen molar-refractivity contribution in [3.8, 4) is 17.6 Å². The lowest BCUT2D eigenvalue weighted by Crippen LogP contribution is -2.29. The number of ether oxygens (including phenoxy) is 2. The van der Waals surface area contributed by atoms with Crippen LogP contribution in [0.3, 0.4) is 0 Å². The fraction of sp³-hybridized carbons (Fsp3) is 0.556. The van der Waals surface area contributed by atoms with Gasteiger partial charge in [0.15, 0.2) is 0 Å². The minimum atomic E-state index is 0.107. The molecule has 0 heterocycles. The minimum absolute atomic E-state index is 0.107. The Morgan fingerprint density at radius 3 is 2.81 bits per heavy atom. The third-order valence-corrected chi connectivity index (χ3v) is 3.87. The molecular weight excluding hydrogens is 264 g/mol. The van der Waals surface area contributed by atoms with Gasteiger partial charge in [-0.25, -0.2) is 0 Å². The van der Waals surface area contributed by atoms with E-state index in [-0.39, 0.29) is 12.7 Å². The summed E-state index contributed by atoms with van der Waals surface area (Å²) < 4.78 is 11.5. The molecular formula is C18H24O3. The van der Waals surface area contributed by atoms with Gasteiger partial charge < -0.3 is 14.6 Å². The second-order valence-corrected chi connectivity index (χ2v) is 5.52. The van der Waals surface area contributed by atoms with Crippen molar-refractivity contribution in [1.29, 1.82) is 0 Å². The fourth-order valence-corrected chi connectivity index (χ4v) is 2.68. The van der Waals surface area contributed by atoms with Crippen molar-refractivity contribution < 1.29 is 14.6 Å². The van der Waals surface area contributed by atoms with E-state index in [1.54, 1.807) is 7.11 Å². The minimum Gasteiger partial charge on any atom is -0.490 e. The number of aliphatic hydroxyl groups excluding tert-OH is 1. The van der Waals surface area contributed by atoms with Crippen LogP contribution in [0.2, 0.25) is 0 Å². The Morgan fingerprint density at radius 1 is 1.29 bits per heavy atom. The van der Waals surface area contributed by atoms with E-state index in [1.165, 1.54) is 0 Å². The predicted octanol–water partition coefficient (Wildman–Crippen LogP) is 3.07. The molecule has 0 aromatic heterocycles. The van der Waals surface area contributed by atoms with Crippen LogP contribution in [-0.4, -0.2) is 31.0 Å². The molecule has 114 valence electrons. The van der Waals surface area contributed by atoms with Crippen molar-refractivity contribution in [1.82, 2.24) is 0 Å². The second kappa shape index (κ2) is 8.07. The first kappa shape index (κ1) is 15.9. The Labute approximate surface area is 127 Å². The quantitative estimate of drug-likeness (QED) is 0.865. The maximum atomic E-state index is 8.75. The molecule has 0 saturated heterocycles. The van der Waals surface area contributed by atoms with E-state index in [0.29, 0.717) is 12.5 Å². The summed E-state index contributed by atoms with van der Waals surface area (Å²) in [7, 11) is 1.77. The van der Waals surface area contributed by atoms with Gasteiger partial charge in [0.1, 0.15) is 11.9 Å². The monoisotopic (exact) mass is 288 g/mol. The average Bonchev–Trinajstić information content (AvgIpc) is 2.50. The standard InChI is InChI=1S/C18H24O3/c1-14-12-18(10-9-15(14)6-3-4-11-19)21-17-8-5-7-16(13-17)20-2/h9-10,12,16-17,19H,4-5,7-8,11,13H2,1-2H3. The summed E-state index contributed by atoms with van der Waals surface area (Å²) in [5.74, 6) is 6.93. The average molecular weight is 288 g/mol. The van der Waals surface area contributed by atoms with Gasteiger partial charge in [-0.05, 0) is 49.9 Å². The Hall–Kier alpha value is -1.50. The lowest BCUT2D eigenvalue weighted by atomic mass is 9.95. The first-order valence-electron chi connectivity index (χ1n) is 7.62. The molecule has 1 aliphatic carbocycles. The lowest BCUT2D eigenvalue weighted by molar-refractivity contribution is 0.0209. The van der Waals surface area contributed by atoms with Crippen LogP contribution in [0.15, 0.2) is 18.2 Å². The smallest absolute Gasteiger partial charge is 0.120 e. The number of methoxy groups -OCH3 is 1. The van der Waals surface area contributed by atoms with Crippen molar-refractivity contribution in [2.45, 2.75) is 51.2 Å². The Bertz CT molecular complexity index is 513. The van der Waals surface area contributed by atoms with Crippen LogP contribution in [-0.2, 0) is 4.74 Å². The summed E-state index contributed by atoms with van der Waals surface area (Å²) in [5.41, 5.74) is 2.10. The van der Waals surface area contributed by atoms with Crippen molar-refractivity contribution in [3.63, 3.8) is 0 Å². The second-order valence-electron chi connectivity index (χ2n) is 5.52. The third kappa shape index (κ3) is 4.77. The highest BCUT2D eigenvalue weighted by atomic mass is 16.5. The number of hydrogen-bond donors (Lipinski definition) is 1. The highest BCUT2D eigenvalue weighted by molar-refractivity contribution is 5.44. The van der Waals surface area contributed by atoms with E-state index >= 15 is 0 Å². The van der Waals surface area contributed by atoms with E-state index in [1.807, 2.05) is 25.1 Å². The highest BCUT2D eigenvalue weighted by Crippen LogP contribution is 2.26. The van der Waals surface area contributed by atoms with Crippen molar-refractivity contribution in [2.24, 2.45) is 0 Å². The zero-order chi connectivity index (χ0) is 15.1. The van der Waals surface area contributed by atoms with E-state index in [0.717, 1.165) is 42.6 Å². The van der Waals surface area contributed by atoms with Gasteiger partial charge in [-0.15, -0.1) is 0 Å². The number of rotatable bonds is 4. The maximum Gasteiger partial charge on any atom is 0.120 e. The predicted molar refractivity (Wildman–Crippen MR) is 83.4 cm³/mol. The Kier molecular flexibility index (Phi) is 6.10. The van der Waals surface area contributed by atoms with Crippen LogP contribution in [0.4, 0.5) is 0 Å². The van der Waals surface area contributed by atoms with Crippen LogP contribution in [0.5, 0.6) is 5.75 Å². The van der Waals surface area contributed by atoms with Gasteiger partial charge in [0.25, 0.3) is 0 Å². The molecule has 1 aromatic carbocycles. The SMILES string of the molecule is COC1CCCC(Oc2ccc(C#CCCO)c(C)c2)C1. The molecule has 1 aliphatic rings. The van der Waals surface area contributed by atoms with Crippen LogP contribution >= 0.6 is 0 Å². The molecule has 3 heteroatoms. The summed E-state index contributed by atoms with van der Waals surface area (Å²) in [4.78, 5) is 0. The summed E-state index contributed by atoms with van der Waals surface area (Å²) in [6, 6.07) is 6.01. The van der Waals surface area contributed by atoms with E-state index in [4.69, 9.17) is 14.6 Å². The summed E-state index contributed by atoms with van der Waals surface area (Å²) in [6.07, 6.45) is 5.44. The molecule has 0 aliphatic heterocycles. The molecule has 0 spiro atoms. The van der Waals surface area contributed by atoms with Gasteiger partial charge in [-0.3, -0.25) is 0 Å². The topological polar surface area (TPSA) is 38.7 Å². The van der Waals surface area contributed by atoms with Crippen LogP contribution in [0.25, 0.3) is 0 Å². The zero-order valence-electron chi connectivity index (χ0n) is 12.9. The van der Waals surface area contributed by atoms with Crippen molar-refractivity contribution in [3.05, 3.63) is 29.3 Å². The van der Waals surface area contributed by atoms with Crippen molar-refractivity contribution in [2.75, 3.05) is 13.7 Å². The van der Waals surface area contributed by atoms with Crippen LogP contribution < -0.4 is 4.74 Å². The number of aryl methyl sites for hydroxylation is 1. The molecule has 1 fully saturated rings. The molecule has 21 heavy (non-hydrogen) atoms. The number of aliphatic hydroxyl groups is 1. The zero-order valence-corrected chi connectivity index (χ0v) is 12.9. The molecule has 2 rings (SSSR count). The molecule has 0 amide bonds.